The highest BCUT2D eigenvalue weighted by Gasteiger charge is 2.11. The summed E-state index contributed by atoms with van der Waals surface area (Å²) in [6, 6.07) is 1.78. The molecule has 90 valence electrons. The molecule has 6 nitrogen and oxygen atoms in total. The summed E-state index contributed by atoms with van der Waals surface area (Å²) in [6.45, 7) is 4.02. The van der Waals surface area contributed by atoms with E-state index in [-0.39, 0.29) is 18.5 Å². The summed E-state index contributed by atoms with van der Waals surface area (Å²) < 4.78 is 1.62. The average Bonchev–Trinajstić information content (AvgIpc) is 2.89. The Morgan fingerprint density at radius 3 is 3.06 bits per heavy atom. The van der Waals surface area contributed by atoms with Crippen LogP contribution in [0.5, 0.6) is 0 Å². The van der Waals surface area contributed by atoms with Crippen molar-refractivity contribution in [2.24, 2.45) is 0 Å². The van der Waals surface area contributed by atoms with Gasteiger partial charge in [-0.2, -0.15) is 5.10 Å². The third-order valence-corrected chi connectivity index (χ3v) is 2.44. The van der Waals surface area contributed by atoms with Crippen LogP contribution in [0.3, 0.4) is 0 Å². The zero-order valence-electron chi connectivity index (χ0n) is 9.84. The first-order chi connectivity index (χ1) is 8.15. The molecule has 0 aliphatic carbocycles. The lowest BCUT2D eigenvalue weighted by atomic mass is 10.2. The van der Waals surface area contributed by atoms with E-state index in [4.69, 9.17) is 0 Å². The molecule has 2 N–H and O–H groups in total. The fourth-order valence-corrected chi connectivity index (χ4v) is 1.57. The number of nitrogens with one attached hydrogen (secondary N) is 2. The van der Waals surface area contributed by atoms with Gasteiger partial charge in [0.25, 0.3) is 0 Å². The molecular weight excluding hydrogens is 218 g/mol. The number of H-pyrrole nitrogens is 1. The molecule has 0 fully saturated rings. The second-order valence-electron chi connectivity index (χ2n) is 3.95. The number of hydrogen-bond donors (Lipinski definition) is 2. The van der Waals surface area contributed by atoms with Gasteiger partial charge in [-0.15, -0.1) is 0 Å². The lowest BCUT2D eigenvalue weighted by molar-refractivity contribution is -0.122. The number of aryl methyl sites for hydroxylation is 1. The van der Waals surface area contributed by atoms with Gasteiger partial charge in [-0.1, -0.05) is 0 Å². The van der Waals surface area contributed by atoms with Gasteiger partial charge in [-0.05, 0) is 19.9 Å². The molecular formula is C11H15N5O. The van der Waals surface area contributed by atoms with Crippen LogP contribution in [-0.4, -0.2) is 25.7 Å². The second kappa shape index (κ2) is 4.82. The molecule has 2 aromatic heterocycles. The highest BCUT2D eigenvalue weighted by molar-refractivity contribution is 5.76. The number of hydrogen-bond acceptors (Lipinski definition) is 3. The Labute approximate surface area is 99.1 Å². The molecule has 0 aromatic carbocycles. The van der Waals surface area contributed by atoms with Gasteiger partial charge >= 0.3 is 0 Å². The quantitative estimate of drug-likeness (QED) is 0.819. The minimum Gasteiger partial charge on any atom is -0.347 e. The number of rotatable bonds is 4. The van der Waals surface area contributed by atoms with Gasteiger partial charge in [0.2, 0.25) is 5.91 Å². The van der Waals surface area contributed by atoms with Gasteiger partial charge < -0.3 is 10.3 Å². The average molecular weight is 233 g/mol. The number of carbonyl (C=O) groups is 1. The first-order valence-corrected chi connectivity index (χ1v) is 5.43. The second-order valence-corrected chi connectivity index (χ2v) is 3.95. The van der Waals surface area contributed by atoms with Crippen LogP contribution in [0.25, 0.3) is 0 Å². The zero-order chi connectivity index (χ0) is 12.3. The topological polar surface area (TPSA) is 75.6 Å². The van der Waals surface area contributed by atoms with Crippen molar-refractivity contribution in [1.82, 2.24) is 25.1 Å². The minimum atomic E-state index is -0.0818. The van der Waals surface area contributed by atoms with E-state index in [1.807, 2.05) is 19.9 Å². The molecule has 0 saturated heterocycles. The molecule has 0 bridgehead atoms. The SMILES string of the molecule is Cc1ccn(CC(=O)NC(C)c2cnc[nH]2)n1. The smallest absolute Gasteiger partial charge is 0.242 e. The fraction of sp³-hybridized carbons (Fsp3) is 0.364. The molecule has 1 unspecified atom stereocenters. The Morgan fingerprint density at radius 1 is 1.65 bits per heavy atom. The Morgan fingerprint density at radius 2 is 2.47 bits per heavy atom. The van der Waals surface area contributed by atoms with Gasteiger partial charge in [0.05, 0.1) is 30.0 Å². The molecule has 6 heteroatoms. The molecule has 1 atom stereocenters. The van der Waals surface area contributed by atoms with Crippen LogP contribution < -0.4 is 5.32 Å². The van der Waals surface area contributed by atoms with E-state index in [1.165, 1.54) is 0 Å². The number of amides is 1. The van der Waals surface area contributed by atoms with Crippen molar-refractivity contribution in [3.8, 4) is 0 Å². The van der Waals surface area contributed by atoms with E-state index in [9.17, 15) is 4.79 Å². The molecule has 2 heterocycles. The first kappa shape index (κ1) is 11.4. The fourth-order valence-electron chi connectivity index (χ4n) is 1.57. The maximum atomic E-state index is 11.7. The van der Waals surface area contributed by atoms with E-state index < -0.39 is 0 Å². The van der Waals surface area contributed by atoms with Crippen LogP contribution in [0.4, 0.5) is 0 Å². The van der Waals surface area contributed by atoms with Crippen molar-refractivity contribution in [2.75, 3.05) is 0 Å². The molecule has 0 aliphatic rings. The van der Waals surface area contributed by atoms with Crippen LogP contribution in [0, 0.1) is 6.92 Å². The van der Waals surface area contributed by atoms with Gasteiger partial charge in [-0.3, -0.25) is 9.48 Å². The predicted molar refractivity (Wildman–Crippen MR) is 62.1 cm³/mol. The first-order valence-electron chi connectivity index (χ1n) is 5.43. The van der Waals surface area contributed by atoms with E-state index in [0.717, 1.165) is 11.4 Å². The van der Waals surface area contributed by atoms with Crippen LogP contribution in [0.15, 0.2) is 24.8 Å². The molecule has 1 amide bonds. The van der Waals surface area contributed by atoms with Gasteiger partial charge in [0.15, 0.2) is 0 Å². The van der Waals surface area contributed by atoms with E-state index in [2.05, 4.69) is 20.4 Å². The van der Waals surface area contributed by atoms with Gasteiger partial charge in [-0.25, -0.2) is 4.98 Å². The van der Waals surface area contributed by atoms with E-state index in [1.54, 1.807) is 23.4 Å². The highest BCUT2D eigenvalue weighted by atomic mass is 16.2. The van der Waals surface area contributed by atoms with Gasteiger partial charge in [0, 0.05) is 6.20 Å². The van der Waals surface area contributed by atoms with Crippen LogP contribution in [0.1, 0.15) is 24.4 Å². The predicted octanol–water partition coefficient (Wildman–Crippen LogP) is 0.792. The lowest BCUT2D eigenvalue weighted by Crippen LogP contribution is -2.30. The van der Waals surface area contributed by atoms with Crippen molar-refractivity contribution >= 4 is 5.91 Å². The maximum absolute atomic E-state index is 11.7. The van der Waals surface area contributed by atoms with Crippen LogP contribution in [-0.2, 0) is 11.3 Å². The molecule has 17 heavy (non-hydrogen) atoms. The summed E-state index contributed by atoms with van der Waals surface area (Å²) in [7, 11) is 0. The van der Waals surface area contributed by atoms with Crippen molar-refractivity contribution in [1.29, 1.82) is 0 Å². The summed E-state index contributed by atoms with van der Waals surface area (Å²) >= 11 is 0. The number of imidazole rings is 1. The molecule has 0 aliphatic heterocycles. The largest absolute Gasteiger partial charge is 0.347 e. The summed E-state index contributed by atoms with van der Waals surface area (Å²) in [5.74, 6) is -0.0739. The number of aromatic amines is 1. The summed E-state index contributed by atoms with van der Waals surface area (Å²) in [6.07, 6.45) is 5.08. The lowest BCUT2D eigenvalue weighted by Gasteiger charge is -2.11. The molecule has 0 spiro atoms. The Hall–Kier alpha value is -2.11. The molecule has 0 radical (unpaired) electrons. The zero-order valence-corrected chi connectivity index (χ0v) is 9.84. The summed E-state index contributed by atoms with van der Waals surface area (Å²) in [4.78, 5) is 18.6. The minimum absolute atomic E-state index is 0.0739. The number of aromatic nitrogens is 4. The van der Waals surface area contributed by atoms with E-state index in [0.29, 0.717) is 0 Å². The van der Waals surface area contributed by atoms with E-state index >= 15 is 0 Å². The maximum Gasteiger partial charge on any atom is 0.242 e. The Balaban J connectivity index is 1.89. The molecule has 2 aromatic rings. The van der Waals surface area contributed by atoms with Crippen LogP contribution in [0.2, 0.25) is 0 Å². The summed E-state index contributed by atoms with van der Waals surface area (Å²) in [5.41, 5.74) is 1.79. The normalized spacial score (nSPS) is 12.4. The van der Waals surface area contributed by atoms with Gasteiger partial charge in [0.1, 0.15) is 6.54 Å². The van der Waals surface area contributed by atoms with Crippen molar-refractivity contribution in [2.45, 2.75) is 26.4 Å². The third kappa shape index (κ3) is 2.93. The summed E-state index contributed by atoms with van der Waals surface area (Å²) in [5, 5.41) is 7.03. The monoisotopic (exact) mass is 233 g/mol. The molecule has 0 saturated carbocycles. The number of carbonyl (C=O) groups excluding carboxylic acids is 1. The van der Waals surface area contributed by atoms with Crippen molar-refractivity contribution in [3.63, 3.8) is 0 Å². The standard InChI is InChI=1S/C11H15N5O/c1-8-3-4-16(15-8)6-11(17)14-9(2)10-5-12-7-13-10/h3-5,7,9H,6H2,1-2H3,(H,12,13)(H,14,17). The third-order valence-electron chi connectivity index (χ3n) is 2.44. The Kier molecular flexibility index (Phi) is 3.22. The van der Waals surface area contributed by atoms with Crippen molar-refractivity contribution in [3.05, 3.63) is 36.2 Å². The molecule has 2 rings (SSSR count). The van der Waals surface area contributed by atoms with Crippen LogP contribution >= 0.6 is 0 Å². The Bertz CT molecular complexity index is 488. The van der Waals surface area contributed by atoms with Crippen molar-refractivity contribution < 1.29 is 4.79 Å². The number of nitrogens with zero attached hydrogens (tertiary/aromatic N) is 3. The highest BCUT2D eigenvalue weighted by Crippen LogP contribution is 2.06.